The summed E-state index contributed by atoms with van der Waals surface area (Å²) >= 11 is 0. The zero-order chi connectivity index (χ0) is 24.1. The molecule has 3 N–H and O–H groups in total. The van der Waals surface area contributed by atoms with Crippen LogP contribution in [0.4, 0.5) is 17.6 Å². The summed E-state index contributed by atoms with van der Waals surface area (Å²) in [5.41, 5.74) is 2.29. The number of carboxylic acid groups (broad SMARTS) is 2. The molecule has 0 saturated carbocycles. The van der Waals surface area contributed by atoms with Crippen LogP contribution < -0.4 is 5.32 Å². The van der Waals surface area contributed by atoms with Crippen LogP contribution in [0.15, 0.2) is 54.6 Å². The lowest BCUT2D eigenvalue weighted by atomic mass is 9.94. The number of carbonyl (C=O) groups excluding carboxylic acids is 1. The number of halogens is 4. The Kier molecular flexibility index (Phi) is 7.60. The lowest BCUT2D eigenvalue weighted by Crippen LogP contribution is -2.58. The Bertz CT molecular complexity index is 964. The van der Waals surface area contributed by atoms with Gasteiger partial charge in [0.05, 0.1) is 5.92 Å². The maximum atomic E-state index is 13.8. The molecule has 0 aliphatic carbocycles. The van der Waals surface area contributed by atoms with Gasteiger partial charge in [-0.1, -0.05) is 61.5 Å². The van der Waals surface area contributed by atoms with Crippen molar-refractivity contribution in [3.05, 3.63) is 60.2 Å². The molecular weight excluding hydrogens is 434 g/mol. The van der Waals surface area contributed by atoms with Crippen molar-refractivity contribution in [3.63, 3.8) is 0 Å². The topological polar surface area (TPSA) is 104 Å². The van der Waals surface area contributed by atoms with Gasteiger partial charge in [-0.2, -0.15) is 17.6 Å². The summed E-state index contributed by atoms with van der Waals surface area (Å²) in [6.45, 7) is 1.27. The Labute approximate surface area is 180 Å². The van der Waals surface area contributed by atoms with E-state index in [2.05, 4.69) is 0 Å². The lowest BCUT2D eigenvalue weighted by Gasteiger charge is -2.26. The molecule has 10 heteroatoms. The first-order chi connectivity index (χ1) is 14.9. The molecule has 0 radical (unpaired) electrons. The zero-order valence-electron chi connectivity index (χ0n) is 16.9. The number of benzene rings is 2. The van der Waals surface area contributed by atoms with Gasteiger partial charge in [0.2, 0.25) is 0 Å². The Hall–Kier alpha value is -3.43. The predicted molar refractivity (Wildman–Crippen MR) is 106 cm³/mol. The number of hydrogen-bond acceptors (Lipinski definition) is 3. The third-order valence-electron chi connectivity index (χ3n) is 4.89. The minimum absolute atomic E-state index is 0.132. The Morgan fingerprint density at radius 3 is 1.91 bits per heavy atom. The van der Waals surface area contributed by atoms with Gasteiger partial charge in [0.1, 0.15) is 0 Å². The molecule has 0 spiro atoms. The van der Waals surface area contributed by atoms with Crippen LogP contribution in [0.3, 0.4) is 0 Å². The van der Waals surface area contributed by atoms with Crippen molar-refractivity contribution in [2.24, 2.45) is 5.92 Å². The number of aliphatic carboxylic acids is 2. The molecule has 0 aliphatic rings. The second-order valence-corrected chi connectivity index (χ2v) is 7.37. The van der Waals surface area contributed by atoms with Crippen LogP contribution in [0, 0.1) is 5.92 Å². The Morgan fingerprint density at radius 1 is 0.875 bits per heavy atom. The number of carbonyl (C=O) groups is 3. The van der Waals surface area contributed by atoms with Crippen molar-refractivity contribution in [2.45, 2.75) is 37.7 Å². The van der Waals surface area contributed by atoms with Crippen LogP contribution in [0.5, 0.6) is 0 Å². The van der Waals surface area contributed by atoms with Crippen LogP contribution >= 0.6 is 0 Å². The molecule has 32 heavy (non-hydrogen) atoms. The average Bonchev–Trinajstić information content (AvgIpc) is 2.74. The van der Waals surface area contributed by atoms with E-state index < -0.39 is 41.7 Å². The molecule has 2 aromatic rings. The molecule has 1 amide bonds. The van der Waals surface area contributed by atoms with E-state index in [1.807, 2.05) is 30.3 Å². The highest BCUT2D eigenvalue weighted by atomic mass is 19.3. The average molecular weight is 455 g/mol. The van der Waals surface area contributed by atoms with Crippen LogP contribution in [0.2, 0.25) is 0 Å². The minimum atomic E-state index is -5.63. The van der Waals surface area contributed by atoms with E-state index in [0.717, 1.165) is 11.1 Å². The number of amides is 1. The molecule has 0 saturated heterocycles. The summed E-state index contributed by atoms with van der Waals surface area (Å²) in [6, 6.07) is 14.8. The fraction of sp³-hybridized carbons (Fsp3) is 0.318. The summed E-state index contributed by atoms with van der Waals surface area (Å²) < 4.78 is 54.3. The number of alkyl halides is 4. The SMILES string of the molecule is C[C@H](CC(Cc1ccc(-c2ccccc2)cc1)NC(=O)C(F)(F)C(F)(F)C(=O)O)C(=O)O. The molecule has 0 heterocycles. The van der Waals surface area contributed by atoms with Gasteiger partial charge < -0.3 is 15.5 Å². The summed E-state index contributed by atoms with van der Waals surface area (Å²) in [4.78, 5) is 33.5. The fourth-order valence-corrected chi connectivity index (χ4v) is 3.02. The van der Waals surface area contributed by atoms with Gasteiger partial charge in [-0.25, -0.2) is 4.79 Å². The van der Waals surface area contributed by atoms with E-state index >= 15 is 0 Å². The number of nitrogens with one attached hydrogen (secondary N) is 1. The third kappa shape index (κ3) is 5.63. The highest BCUT2D eigenvalue weighted by molar-refractivity contribution is 5.92. The van der Waals surface area contributed by atoms with Gasteiger partial charge in [-0.3, -0.25) is 9.59 Å². The van der Waals surface area contributed by atoms with Crippen LogP contribution in [0.1, 0.15) is 18.9 Å². The number of hydrogen-bond donors (Lipinski definition) is 3. The van der Waals surface area contributed by atoms with E-state index in [1.54, 1.807) is 29.6 Å². The van der Waals surface area contributed by atoms with Crippen molar-refractivity contribution in [3.8, 4) is 11.1 Å². The molecule has 0 aromatic heterocycles. The van der Waals surface area contributed by atoms with Gasteiger partial charge in [0.15, 0.2) is 0 Å². The first kappa shape index (κ1) is 24.8. The van der Waals surface area contributed by atoms with Crippen molar-refractivity contribution in [1.29, 1.82) is 0 Å². The lowest BCUT2D eigenvalue weighted by molar-refractivity contribution is -0.222. The molecule has 0 bridgehead atoms. The van der Waals surface area contributed by atoms with Gasteiger partial charge >= 0.3 is 23.8 Å². The smallest absolute Gasteiger partial charge is 0.413 e. The quantitative estimate of drug-likeness (QED) is 0.473. The predicted octanol–water partition coefficient (Wildman–Crippen LogP) is 3.85. The van der Waals surface area contributed by atoms with E-state index in [0.29, 0.717) is 5.56 Å². The first-order valence-corrected chi connectivity index (χ1v) is 9.53. The summed E-state index contributed by atoms with van der Waals surface area (Å²) in [5, 5.41) is 19.1. The zero-order valence-corrected chi connectivity index (χ0v) is 16.9. The minimum Gasteiger partial charge on any atom is -0.481 e. The van der Waals surface area contributed by atoms with Gasteiger partial charge in [-0.15, -0.1) is 0 Å². The second kappa shape index (κ2) is 9.80. The van der Waals surface area contributed by atoms with Gasteiger partial charge in [-0.05, 0) is 29.5 Å². The molecule has 0 fully saturated rings. The van der Waals surface area contributed by atoms with Crippen molar-refractivity contribution < 1.29 is 42.2 Å². The summed E-state index contributed by atoms with van der Waals surface area (Å²) in [6.07, 6.45) is -0.469. The summed E-state index contributed by atoms with van der Waals surface area (Å²) in [5.74, 6) is -19.2. The maximum absolute atomic E-state index is 13.8. The third-order valence-corrected chi connectivity index (χ3v) is 4.89. The highest BCUT2D eigenvalue weighted by Crippen LogP contribution is 2.35. The van der Waals surface area contributed by atoms with Gasteiger partial charge in [0.25, 0.3) is 5.91 Å². The molecule has 2 atom stereocenters. The van der Waals surface area contributed by atoms with Crippen molar-refractivity contribution in [1.82, 2.24) is 5.32 Å². The van der Waals surface area contributed by atoms with Gasteiger partial charge in [0, 0.05) is 6.04 Å². The molecular formula is C22H21F4NO5. The van der Waals surface area contributed by atoms with E-state index in [1.165, 1.54) is 6.92 Å². The molecule has 172 valence electrons. The van der Waals surface area contributed by atoms with Crippen molar-refractivity contribution in [2.75, 3.05) is 0 Å². The molecule has 1 unspecified atom stereocenters. The highest BCUT2D eigenvalue weighted by Gasteiger charge is 2.67. The van der Waals surface area contributed by atoms with Crippen LogP contribution in [-0.4, -0.2) is 45.9 Å². The maximum Gasteiger partial charge on any atom is 0.413 e. The molecule has 2 aromatic carbocycles. The number of carboxylic acids is 2. The Morgan fingerprint density at radius 2 is 1.41 bits per heavy atom. The normalized spacial score (nSPS) is 13.8. The van der Waals surface area contributed by atoms with E-state index in [-0.39, 0.29) is 12.8 Å². The standard InChI is InChI=1S/C22H21F4NO5/c1-13(18(28)29)11-17(27-19(30)21(23,24)22(25,26)20(31)32)12-14-7-9-16(10-8-14)15-5-3-2-4-6-15/h2-10,13,17H,11-12H2,1H3,(H,27,30)(H,28,29)(H,31,32)/t13-,17?/m1/s1. The van der Waals surface area contributed by atoms with E-state index in [4.69, 9.17) is 10.2 Å². The largest absolute Gasteiger partial charge is 0.481 e. The van der Waals surface area contributed by atoms with Crippen LogP contribution in [0.25, 0.3) is 11.1 Å². The second-order valence-electron chi connectivity index (χ2n) is 7.37. The summed E-state index contributed by atoms with van der Waals surface area (Å²) in [7, 11) is 0. The van der Waals surface area contributed by atoms with Crippen LogP contribution in [-0.2, 0) is 20.8 Å². The molecule has 0 aliphatic heterocycles. The fourth-order valence-electron chi connectivity index (χ4n) is 3.02. The molecule has 2 rings (SSSR count). The first-order valence-electron chi connectivity index (χ1n) is 9.53. The molecule has 6 nitrogen and oxygen atoms in total. The number of rotatable bonds is 10. The Balaban J connectivity index is 2.23. The monoisotopic (exact) mass is 455 g/mol. The van der Waals surface area contributed by atoms with Crippen molar-refractivity contribution >= 4 is 17.8 Å². The van der Waals surface area contributed by atoms with E-state index in [9.17, 15) is 31.9 Å².